The van der Waals surface area contributed by atoms with E-state index in [0.717, 1.165) is 16.5 Å². The fourth-order valence-corrected chi connectivity index (χ4v) is 3.56. The second kappa shape index (κ2) is 7.34. The molecule has 0 atom stereocenters. The van der Waals surface area contributed by atoms with Crippen LogP contribution in [0.4, 0.5) is 5.13 Å². The number of nitrogens with zero attached hydrogens (tertiary/aromatic N) is 2. The van der Waals surface area contributed by atoms with E-state index in [1.54, 1.807) is 17.8 Å². The molecule has 0 saturated carbocycles. The minimum atomic E-state index is -0.695. The monoisotopic (exact) mass is 395 g/mol. The number of fused-ring (bicyclic) bond motifs is 1. The summed E-state index contributed by atoms with van der Waals surface area (Å²) in [5.41, 5.74) is 2.30. The lowest BCUT2D eigenvalue weighted by Gasteiger charge is -2.05. The molecule has 2 heterocycles. The van der Waals surface area contributed by atoms with Gasteiger partial charge in [-0.25, -0.2) is 4.98 Å². The molecule has 0 aliphatic heterocycles. The molecule has 0 aliphatic carbocycles. The highest BCUT2D eigenvalue weighted by Gasteiger charge is 2.22. The Balaban J connectivity index is 1.67. The van der Waals surface area contributed by atoms with Gasteiger partial charge in [-0.1, -0.05) is 41.9 Å². The lowest BCUT2D eigenvalue weighted by atomic mass is 10.1. The van der Waals surface area contributed by atoms with Gasteiger partial charge in [0.2, 0.25) is 0 Å². The summed E-state index contributed by atoms with van der Waals surface area (Å²) in [7, 11) is 0. The standard InChI is InChI=1S/C20H14ClN3O2S/c21-14-7-5-13(6-8-14)11-24-12-16(15-3-1-2-4-17(15)24)18(25)19(26)23-20-22-9-10-27-20/h1-10,12H,11H2,(H,22,23,26). The summed E-state index contributed by atoms with van der Waals surface area (Å²) < 4.78 is 1.96. The van der Waals surface area contributed by atoms with Crippen LogP contribution < -0.4 is 5.32 Å². The van der Waals surface area contributed by atoms with Crippen molar-refractivity contribution in [1.82, 2.24) is 9.55 Å². The van der Waals surface area contributed by atoms with E-state index in [9.17, 15) is 9.59 Å². The summed E-state index contributed by atoms with van der Waals surface area (Å²) in [6.07, 6.45) is 3.30. The van der Waals surface area contributed by atoms with Crippen LogP contribution >= 0.6 is 22.9 Å². The first kappa shape index (κ1) is 17.5. The highest BCUT2D eigenvalue weighted by atomic mass is 35.5. The molecule has 2 aromatic carbocycles. The highest BCUT2D eigenvalue weighted by Crippen LogP contribution is 2.24. The summed E-state index contributed by atoms with van der Waals surface area (Å²) in [5.74, 6) is -1.28. The summed E-state index contributed by atoms with van der Waals surface area (Å²) in [5, 5.41) is 6.09. The lowest BCUT2D eigenvalue weighted by molar-refractivity contribution is -0.112. The second-order valence-corrected chi connectivity index (χ2v) is 7.27. The molecule has 1 amide bonds. The maximum Gasteiger partial charge on any atom is 0.298 e. The van der Waals surface area contributed by atoms with Crippen molar-refractivity contribution in [2.24, 2.45) is 0 Å². The molecule has 4 aromatic rings. The molecule has 4 rings (SSSR count). The number of ketones is 1. The number of thiazole rings is 1. The van der Waals surface area contributed by atoms with Gasteiger partial charge < -0.3 is 4.57 Å². The molecule has 0 unspecified atom stereocenters. The van der Waals surface area contributed by atoms with Crippen LogP contribution in [-0.2, 0) is 11.3 Å². The van der Waals surface area contributed by atoms with Crippen LogP contribution in [0.1, 0.15) is 15.9 Å². The molecule has 0 spiro atoms. The SMILES string of the molecule is O=C(Nc1nccs1)C(=O)c1cn(Cc2ccc(Cl)cc2)c2ccccc12. The van der Waals surface area contributed by atoms with Gasteiger partial charge in [-0.3, -0.25) is 14.9 Å². The number of Topliss-reactive ketones (excluding diaryl/α,β-unsaturated/α-hetero) is 1. The predicted molar refractivity (Wildman–Crippen MR) is 108 cm³/mol. The summed E-state index contributed by atoms with van der Waals surface area (Å²) in [6, 6.07) is 15.1. The number of carbonyl (C=O) groups is 2. The summed E-state index contributed by atoms with van der Waals surface area (Å²) in [6.45, 7) is 0.569. The Kier molecular flexibility index (Phi) is 4.75. The number of amides is 1. The van der Waals surface area contributed by atoms with Crippen LogP contribution in [0.2, 0.25) is 5.02 Å². The Labute approximate surface area is 164 Å². The molecule has 5 nitrogen and oxygen atoms in total. The number of para-hydroxylation sites is 1. The average Bonchev–Trinajstić information content (AvgIpc) is 3.31. The highest BCUT2D eigenvalue weighted by molar-refractivity contribution is 7.13. The molecule has 1 N–H and O–H groups in total. The van der Waals surface area contributed by atoms with Crippen molar-refractivity contribution in [3.8, 4) is 0 Å². The average molecular weight is 396 g/mol. The quantitative estimate of drug-likeness (QED) is 0.396. The Morgan fingerprint density at radius 1 is 1.11 bits per heavy atom. The minimum Gasteiger partial charge on any atom is -0.342 e. The number of benzene rings is 2. The first-order valence-corrected chi connectivity index (χ1v) is 9.45. The number of nitrogens with one attached hydrogen (secondary N) is 1. The fourth-order valence-electron chi connectivity index (χ4n) is 2.91. The Bertz CT molecular complexity index is 1120. The topological polar surface area (TPSA) is 64.0 Å². The zero-order chi connectivity index (χ0) is 18.8. The molecular formula is C20H14ClN3O2S. The Morgan fingerprint density at radius 3 is 2.63 bits per heavy atom. The molecule has 0 saturated heterocycles. The van der Waals surface area contributed by atoms with Crippen molar-refractivity contribution in [3.05, 3.63) is 82.5 Å². The van der Waals surface area contributed by atoms with Crippen molar-refractivity contribution in [1.29, 1.82) is 0 Å². The smallest absolute Gasteiger partial charge is 0.298 e. The number of halogens is 1. The number of hydrogen-bond acceptors (Lipinski definition) is 4. The van der Waals surface area contributed by atoms with Crippen LogP contribution in [0.3, 0.4) is 0 Å². The van der Waals surface area contributed by atoms with Crippen molar-refractivity contribution < 1.29 is 9.59 Å². The molecule has 134 valence electrons. The molecule has 7 heteroatoms. The van der Waals surface area contributed by atoms with E-state index in [2.05, 4.69) is 10.3 Å². The van der Waals surface area contributed by atoms with Crippen LogP contribution in [0.15, 0.2) is 66.3 Å². The van der Waals surface area contributed by atoms with E-state index < -0.39 is 11.7 Å². The Morgan fingerprint density at radius 2 is 1.89 bits per heavy atom. The fraction of sp³-hybridized carbons (Fsp3) is 0.0500. The third-order valence-electron chi connectivity index (χ3n) is 4.16. The molecule has 0 bridgehead atoms. The van der Waals surface area contributed by atoms with Crippen molar-refractivity contribution >= 4 is 50.7 Å². The molecular weight excluding hydrogens is 382 g/mol. The third kappa shape index (κ3) is 3.63. The van der Waals surface area contributed by atoms with Crippen LogP contribution in [0, 0.1) is 0 Å². The second-order valence-electron chi connectivity index (χ2n) is 5.93. The number of carbonyl (C=O) groups excluding carboxylic acids is 2. The first-order valence-electron chi connectivity index (χ1n) is 8.19. The maximum absolute atomic E-state index is 12.7. The van der Waals surface area contributed by atoms with Crippen LogP contribution in [0.25, 0.3) is 10.9 Å². The van der Waals surface area contributed by atoms with Gasteiger partial charge in [-0.05, 0) is 23.8 Å². The van der Waals surface area contributed by atoms with E-state index in [0.29, 0.717) is 22.3 Å². The van der Waals surface area contributed by atoms with Gasteiger partial charge in [0, 0.05) is 40.2 Å². The molecule has 0 radical (unpaired) electrons. The maximum atomic E-state index is 12.7. The van der Waals surface area contributed by atoms with Gasteiger partial charge in [0.25, 0.3) is 11.7 Å². The van der Waals surface area contributed by atoms with Crippen molar-refractivity contribution in [2.45, 2.75) is 6.54 Å². The zero-order valence-corrected chi connectivity index (χ0v) is 15.6. The number of hydrogen-bond donors (Lipinski definition) is 1. The van der Waals surface area contributed by atoms with Crippen molar-refractivity contribution in [3.63, 3.8) is 0 Å². The molecule has 27 heavy (non-hydrogen) atoms. The first-order chi connectivity index (χ1) is 13.1. The largest absolute Gasteiger partial charge is 0.342 e. The van der Waals surface area contributed by atoms with Gasteiger partial charge in [0.05, 0.1) is 5.56 Å². The Hall–Kier alpha value is -2.96. The molecule has 0 fully saturated rings. The molecule has 0 aliphatic rings. The van der Waals surface area contributed by atoms with E-state index in [-0.39, 0.29) is 0 Å². The van der Waals surface area contributed by atoms with Gasteiger partial charge in [-0.2, -0.15) is 0 Å². The normalized spacial score (nSPS) is 10.9. The van der Waals surface area contributed by atoms with Crippen LogP contribution in [-0.4, -0.2) is 21.2 Å². The van der Waals surface area contributed by atoms with Gasteiger partial charge in [0.1, 0.15) is 0 Å². The number of anilines is 1. The van der Waals surface area contributed by atoms with E-state index in [1.165, 1.54) is 11.3 Å². The predicted octanol–water partition coefficient (Wildman–Crippen LogP) is 4.62. The summed E-state index contributed by atoms with van der Waals surface area (Å²) >= 11 is 7.21. The van der Waals surface area contributed by atoms with E-state index in [4.69, 9.17) is 11.6 Å². The minimum absolute atomic E-state index is 0.369. The van der Waals surface area contributed by atoms with E-state index in [1.807, 2.05) is 53.1 Å². The van der Waals surface area contributed by atoms with Crippen molar-refractivity contribution in [2.75, 3.05) is 5.32 Å². The van der Waals surface area contributed by atoms with Gasteiger partial charge in [-0.15, -0.1) is 11.3 Å². The van der Waals surface area contributed by atoms with E-state index >= 15 is 0 Å². The number of aromatic nitrogens is 2. The van der Waals surface area contributed by atoms with Gasteiger partial charge >= 0.3 is 0 Å². The van der Waals surface area contributed by atoms with Crippen LogP contribution in [0.5, 0.6) is 0 Å². The number of rotatable bonds is 5. The summed E-state index contributed by atoms with van der Waals surface area (Å²) in [4.78, 5) is 29.1. The third-order valence-corrected chi connectivity index (χ3v) is 5.10. The van der Waals surface area contributed by atoms with Gasteiger partial charge in [0.15, 0.2) is 5.13 Å². The lowest BCUT2D eigenvalue weighted by Crippen LogP contribution is -2.22. The molecule has 2 aromatic heterocycles. The zero-order valence-electron chi connectivity index (χ0n) is 14.1.